The second-order valence-corrected chi connectivity index (χ2v) is 4.51. The van der Waals surface area contributed by atoms with Crippen LogP contribution in [0.5, 0.6) is 0 Å². The van der Waals surface area contributed by atoms with Crippen LogP contribution in [0, 0.1) is 6.92 Å². The summed E-state index contributed by atoms with van der Waals surface area (Å²) >= 11 is 0. The Morgan fingerprint density at radius 3 is 2.58 bits per heavy atom. The average Bonchev–Trinajstić information content (AvgIpc) is 2.45. The number of benzene rings is 2. The van der Waals surface area contributed by atoms with Crippen molar-refractivity contribution < 1.29 is 9.90 Å². The molecule has 2 aromatic rings. The monoisotopic (exact) mass is 255 g/mol. The first-order chi connectivity index (χ1) is 9.16. The van der Waals surface area contributed by atoms with Gasteiger partial charge in [-0.2, -0.15) is 0 Å². The fraction of sp³-hybridized carbons (Fsp3) is 0.188. The second-order valence-electron chi connectivity index (χ2n) is 4.51. The Morgan fingerprint density at radius 1 is 1.16 bits per heavy atom. The van der Waals surface area contributed by atoms with Crippen LogP contribution in [0.3, 0.4) is 0 Å². The predicted molar refractivity (Wildman–Crippen MR) is 74.9 cm³/mol. The van der Waals surface area contributed by atoms with Crippen LogP contribution < -0.4 is 5.32 Å². The normalized spacial score (nSPS) is 11.9. The first-order valence-corrected chi connectivity index (χ1v) is 6.24. The molecule has 0 aliphatic heterocycles. The van der Waals surface area contributed by atoms with E-state index in [2.05, 4.69) is 5.32 Å². The maximum Gasteiger partial charge on any atom is 0.251 e. The van der Waals surface area contributed by atoms with Gasteiger partial charge in [0.05, 0.1) is 6.10 Å². The lowest BCUT2D eigenvalue weighted by Gasteiger charge is -2.12. The third kappa shape index (κ3) is 3.66. The van der Waals surface area contributed by atoms with Crippen molar-refractivity contribution in [2.45, 2.75) is 13.0 Å². The van der Waals surface area contributed by atoms with Gasteiger partial charge in [0.25, 0.3) is 5.91 Å². The SMILES string of the molecule is Cc1cccc(C(=O)NCC(O)c2ccccc2)c1. The molecule has 0 bridgehead atoms. The maximum atomic E-state index is 11.9. The van der Waals surface area contributed by atoms with E-state index >= 15 is 0 Å². The summed E-state index contributed by atoms with van der Waals surface area (Å²) < 4.78 is 0. The molecule has 2 rings (SSSR count). The Morgan fingerprint density at radius 2 is 1.89 bits per heavy atom. The molecule has 2 N–H and O–H groups in total. The molecule has 98 valence electrons. The Balaban J connectivity index is 1.94. The summed E-state index contributed by atoms with van der Waals surface area (Å²) in [7, 11) is 0. The molecule has 0 aliphatic carbocycles. The van der Waals surface area contributed by atoms with E-state index in [0.29, 0.717) is 5.56 Å². The van der Waals surface area contributed by atoms with Gasteiger partial charge in [-0.3, -0.25) is 4.79 Å². The van der Waals surface area contributed by atoms with E-state index in [4.69, 9.17) is 0 Å². The number of aryl methyl sites for hydroxylation is 1. The minimum atomic E-state index is -0.685. The number of hydrogen-bond donors (Lipinski definition) is 2. The lowest BCUT2D eigenvalue weighted by molar-refractivity contribution is 0.0916. The van der Waals surface area contributed by atoms with E-state index < -0.39 is 6.10 Å². The molecule has 19 heavy (non-hydrogen) atoms. The summed E-state index contributed by atoms with van der Waals surface area (Å²) in [6.45, 7) is 2.15. The molecule has 3 nitrogen and oxygen atoms in total. The molecule has 0 saturated heterocycles. The second kappa shape index (κ2) is 6.16. The molecule has 1 unspecified atom stereocenters. The van der Waals surface area contributed by atoms with E-state index in [0.717, 1.165) is 11.1 Å². The van der Waals surface area contributed by atoms with Gasteiger partial charge in [-0.05, 0) is 24.6 Å². The number of hydrogen-bond acceptors (Lipinski definition) is 2. The van der Waals surface area contributed by atoms with Gasteiger partial charge < -0.3 is 10.4 Å². The van der Waals surface area contributed by atoms with Crippen molar-refractivity contribution in [1.29, 1.82) is 0 Å². The Labute approximate surface area is 112 Å². The molecule has 1 atom stereocenters. The number of carbonyl (C=O) groups excluding carboxylic acids is 1. The quantitative estimate of drug-likeness (QED) is 0.881. The minimum absolute atomic E-state index is 0.168. The molecule has 0 fully saturated rings. The van der Waals surface area contributed by atoms with E-state index in [-0.39, 0.29) is 12.5 Å². The van der Waals surface area contributed by atoms with Gasteiger partial charge in [-0.1, -0.05) is 48.0 Å². The summed E-state index contributed by atoms with van der Waals surface area (Å²) in [5, 5.41) is 12.7. The molecule has 3 heteroatoms. The standard InChI is InChI=1S/C16H17NO2/c1-12-6-5-9-14(10-12)16(19)17-11-15(18)13-7-3-2-4-8-13/h2-10,15,18H,11H2,1H3,(H,17,19). The third-order valence-electron chi connectivity index (χ3n) is 2.92. The van der Waals surface area contributed by atoms with Crippen LogP contribution in [0.15, 0.2) is 54.6 Å². The Hall–Kier alpha value is -2.13. The van der Waals surface area contributed by atoms with Gasteiger partial charge in [0, 0.05) is 12.1 Å². The largest absolute Gasteiger partial charge is 0.387 e. The molecule has 0 aromatic heterocycles. The fourth-order valence-corrected chi connectivity index (χ4v) is 1.87. The summed E-state index contributed by atoms with van der Waals surface area (Å²) in [5.74, 6) is -0.168. The van der Waals surface area contributed by atoms with Crippen molar-refractivity contribution in [3.63, 3.8) is 0 Å². The first-order valence-electron chi connectivity index (χ1n) is 6.24. The van der Waals surface area contributed by atoms with Crippen molar-refractivity contribution in [2.75, 3.05) is 6.54 Å². The van der Waals surface area contributed by atoms with Gasteiger partial charge >= 0.3 is 0 Å². The molecule has 0 radical (unpaired) electrons. The van der Waals surface area contributed by atoms with Crippen LogP contribution in [-0.2, 0) is 0 Å². The number of carbonyl (C=O) groups is 1. The lowest BCUT2D eigenvalue weighted by Crippen LogP contribution is -2.28. The van der Waals surface area contributed by atoms with Gasteiger partial charge in [0.1, 0.15) is 0 Å². The van der Waals surface area contributed by atoms with Crippen LogP contribution in [0.2, 0.25) is 0 Å². The predicted octanol–water partition coefficient (Wildman–Crippen LogP) is 2.46. The average molecular weight is 255 g/mol. The highest BCUT2D eigenvalue weighted by molar-refractivity contribution is 5.94. The molecule has 0 aliphatic rings. The van der Waals surface area contributed by atoms with E-state index in [9.17, 15) is 9.90 Å². The highest BCUT2D eigenvalue weighted by Crippen LogP contribution is 2.11. The molecule has 0 heterocycles. The zero-order valence-electron chi connectivity index (χ0n) is 10.8. The zero-order chi connectivity index (χ0) is 13.7. The van der Waals surface area contributed by atoms with E-state index in [1.54, 1.807) is 6.07 Å². The van der Waals surface area contributed by atoms with Crippen molar-refractivity contribution in [1.82, 2.24) is 5.32 Å². The highest BCUT2D eigenvalue weighted by Gasteiger charge is 2.10. The van der Waals surface area contributed by atoms with Crippen molar-refractivity contribution in [3.05, 3.63) is 71.3 Å². The summed E-state index contributed by atoms with van der Waals surface area (Å²) in [4.78, 5) is 11.9. The van der Waals surface area contributed by atoms with Crippen LogP contribution in [0.4, 0.5) is 0 Å². The maximum absolute atomic E-state index is 11.9. The van der Waals surface area contributed by atoms with Crippen LogP contribution in [-0.4, -0.2) is 17.6 Å². The minimum Gasteiger partial charge on any atom is -0.387 e. The number of aliphatic hydroxyl groups is 1. The molecule has 0 spiro atoms. The summed E-state index contributed by atoms with van der Waals surface area (Å²) in [5.41, 5.74) is 2.45. The zero-order valence-corrected chi connectivity index (χ0v) is 10.8. The topological polar surface area (TPSA) is 49.3 Å². The van der Waals surface area contributed by atoms with Crippen molar-refractivity contribution in [2.24, 2.45) is 0 Å². The number of rotatable bonds is 4. The molecular weight excluding hydrogens is 238 g/mol. The highest BCUT2D eigenvalue weighted by atomic mass is 16.3. The summed E-state index contributed by atoms with van der Waals surface area (Å²) in [6.07, 6.45) is -0.685. The molecule has 0 saturated carbocycles. The fourth-order valence-electron chi connectivity index (χ4n) is 1.87. The van der Waals surface area contributed by atoms with Crippen LogP contribution in [0.25, 0.3) is 0 Å². The molecule has 1 amide bonds. The smallest absolute Gasteiger partial charge is 0.251 e. The van der Waals surface area contributed by atoms with Crippen molar-refractivity contribution >= 4 is 5.91 Å². The first kappa shape index (κ1) is 13.3. The summed E-state index contributed by atoms with van der Waals surface area (Å²) in [6, 6.07) is 16.7. The Bertz CT molecular complexity index is 552. The van der Waals surface area contributed by atoms with Crippen LogP contribution >= 0.6 is 0 Å². The van der Waals surface area contributed by atoms with Crippen LogP contribution in [0.1, 0.15) is 27.6 Å². The number of aliphatic hydroxyl groups excluding tert-OH is 1. The number of nitrogens with one attached hydrogen (secondary N) is 1. The van der Waals surface area contributed by atoms with E-state index in [1.165, 1.54) is 0 Å². The van der Waals surface area contributed by atoms with Crippen molar-refractivity contribution in [3.8, 4) is 0 Å². The van der Waals surface area contributed by atoms with Gasteiger partial charge in [-0.15, -0.1) is 0 Å². The molecule has 2 aromatic carbocycles. The Kier molecular flexibility index (Phi) is 4.31. The van der Waals surface area contributed by atoms with Gasteiger partial charge in [0.2, 0.25) is 0 Å². The lowest BCUT2D eigenvalue weighted by atomic mass is 10.1. The third-order valence-corrected chi connectivity index (χ3v) is 2.92. The van der Waals surface area contributed by atoms with Gasteiger partial charge in [0.15, 0.2) is 0 Å². The molecular formula is C16H17NO2. The number of amides is 1. The van der Waals surface area contributed by atoms with Gasteiger partial charge in [-0.25, -0.2) is 0 Å². The van der Waals surface area contributed by atoms with E-state index in [1.807, 2.05) is 55.5 Å².